The second-order valence-electron chi connectivity index (χ2n) is 15.3. The minimum atomic E-state index is -4.63. The van der Waals surface area contributed by atoms with E-state index in [9.17, 15) is 43.7 Å². The number of aryl methyl sites for hydroxylation is 1. The Bertz CT molecular complexity index is 2360. The van der Waals surface area contributed by atoms with Crippen LogP contribution in [0.15, 0.2) is 81.9 Å². The number of aliphatic carboxylic acids is 1. The molecular weight excluding hydrogens is 792 g/mol. The quantitative estimate of drug-likeness (QED) is 0.0677. The summed E-state index contributed by atoms with van der Waals surface area (Å²) in [7, 11) is -13.4. The van der Waals surface area contributed by atoms with Crippen molar-refractivity contribution in [3.63, 3.8) is 0 Å². The summed E-state index contributed by atoms with van der Waals surface area (Å²) in [5, 5.41) is 9.13. The van der Waals surface area contributed by atoms with Crippen molar-refractivity contribution in [1.82, 2.24) is 0 Å². The molecule has 2 aromatic rings. The number of anilines is 2. The van der Waals surface area contributed by atoms with Crippen molar-refractivity contribution in [3.8, 4) is 0 Å². The summed E-state index contributed by atoms with van der Waals surface area (Å²) < 4.78 is 104. The molecule has 2 atom stereocenters. The van der Waals surface area contributed by atoms with Gasteiger partial charge in [0.1, 0.15) is 9.79 Å². The zero-order chi connectivity index (χ0) is 40.0. The summed E-state index contributed by atoms with van der Waals surface area (Å²) in [6.45, 7) is 5.10. The Hall–Kier alpha value is -2.80. The van der Waals surface area contributed by atoms with Crippen molar-refractivity contribution in [3.05, 3.63) is 94.4 Å². The molecule has 6 rings (SSSR count). The van der Waals surface area contributed by atoms with Crippen LogP contribution < -0.4 is 9.80 Å². The standard InChI is InChI=1S/C39H48N2O11S3.Na.H/c1-38(21-9-10-25-53(44,45)46)29(26-40-24-20-28-17-19-30(54(47,48)49)34(38)36(28)40)13-5-3-6-14-32-39(2,22-8-4-7-15-33(42)43)35-31(55(50,51)52)18-16-27-12-11-23-41(32)37(27)35;;/h3,5-6,13-14,16-19,26H,4,7-12,15,20-25H2,1-2H3,(H,42,43)(H,44,45,46)(H,47,48,49)(H,50,51,52);;/b6-3+,13-5+,32-14-;;. The molecule has 2 unspecified atom stereocenters. The number of carboxylic acids is 1. The number of benzene rings is 2. The Labute approximate surface area is 351 Å². The Kier molecular flexibility index (Phi) is 13.3. The van der Waals surface area contributed by atoms with E-state index < -0.39 is 52.9 Å². The van der Waals surface area contributed by atoms with Gasteiger partial charge in [-0.05, 0) is 86.8 Å². The number of carboxylic acid groups (broad SMARTS) is 1. The molecule has 56 heavy (non-hydrogen) atoms. The van der Waals surface area contributed by atoms with Crippen LogP contribution in [-0.2, 0) is 58.8 Å². The molecule has 0 radical (unpaired) electrons. The fourth-order valence-electron chi connectivity index (χ4n) is 9.00. The number of carbonyl (C=O) groups is 1. The molecule has 0 bridgehead atoms. The molecule has 13 nitrogen and oxygen atoms in total. The second-order valence-corrected chi connectivity index (χ2v) is 19.6. The maximum absolute atomic E-state index is 12.7. The van der Waals surface area contributed by atoms with Crippen LogP contribution >= 0.6 is 0 Å². The first-order chi connectivity index (χ1) is 25.8. The molecule has 0 spiro atoms. The van der Waals surface area contributed by atoms with E-state index in [-0.39, 0.29) is 52.2 Å². The average Bonchev–Trinajstić information content (AvgIpc) is 3.61. The summed E-state index contributed by atoms with van der Waals surface area (Å²) in [6.07, 6.45) is 16.6. The van der Waals surface area contributed by atoms with Crippen molar-refractivity contribution in [2.24, 2.45) is 0 Å². The van der Waals surface area contributed by atoms with E-state index >= 15 is 0 Å². The average molecular weight is 841 g/mol. The number of hydrogen-bond acceptors (Lipinski definition) is 9. The summed E-state index contributed by atoms with van der Waals surface area (Å²) in [5.74, 6) is -1.31. The third-order valence-electron chi connectivity index (χ3n) is 11.5. The fourth-order valence-corrected chi connectivity index (χ4v) is 11.2. The van der Waals surface area contributed by atoms with Gasteiger partial charge in [-0.2, -0.15) is 25.3 Å². The molecule has 4 aliphatic rings. The normalized spacial score (nSPS) is 22.4. The van der Waals surface area contributed by atoms with E-state index in [2.05, 4.69) is 4.90 Å². The van der Waals surface area contributed by atoms with Crippen molar-refractivity contribution < 1.29 is 48.8 Å². The molecule has 0 saturated carbocycles. The van der Waals surface area contributed by atoms with Gasteiger partial charge in [-0.25, -0.2) is 0 Å². The molecule has 0 saturated heterocycles. The number of rotatable bonds is 16. The van der Waals surface area contributed by atoms with E-state index in [1.54, 1.807) is 12.1 Å². The van der Waals surface area contributed by atoms with E-state index in [0.717, 1.165) is 46.6 Å². The van der Waals surface area contributed by atoms with Crippen LogP contribution in [0.3, 0.4) is 0 Å². The molecule has 4 aliphatic heterocycles. The Morgan fingerprint density at radius 3 is 1.98 bits per heavy atom. The Balaban J connectivity index is 0.00000600. The van der Waals surface area contributed by atoms with Crippen LogP contribution in [0.1, 0.15) is 93.9 Å². The van der Waals surface area contributed by atoms with E-state index in [0.29, 0.717) is 69.2 Å². The number of hydrogen-bond donors (Lipinski definition) is 4. The van der Waals surface area contributed by atoms with Crippen LogP contribution in [0, 0.1) is 0 Å². The third-order valence-corrected chi connectivity index (χ3v) is 14.1. The molecule has 4 N–H and O–H groups in total. The Morgan fingerprint density at radius 2 is 1.36 bits per heavy atom. The van der Waals surface area contributed by atoms with Crippen LogP contribution in [0.5, 0.6) is 0 Å². The van der Waals surface area contributed by atoms with Crippen molar-refractivity contribution in [2.75, 3.05) is 28.6 Å². The van der Waals surface area contributed by atoms with Crippen LogP contribution in [0.2, 0.25) is 0 Å². The second kappa shape index (κ2) is 16.8. The fraction of sp³-hybridized carbons (Fsp3) is 0.462. The van der Waals surface area contributed by atoms with Gasteiger partial charge in [0.25, 0.3) is 30.4 Å². The molecule has 0 aliphatic carbocycles. The van der Waals surface area contributed by atoms with Gasteiger partial charge in [-0.1, -0.05) is 62.6 Å². The van der Waals surface area contributed by atoms with E-state index in [1.165, 1.54) is 12.1 Å². The molecule has 2 aromatic carbocycles. The predicted octanol–water partition coefficient (Wildman–Crippen LogP) is 5.86. The zero-order valence-corrected chi connectivity index (χ0v) is 33.4. The first-order valence-corrected chi connectivity index (χ1v) is 23.0. The summed E-state index contributed by atoms with van der Waals surface area (Å²) >= 11 is 0. The maximum atomic E-state index is 12.7. The first kappa shape index (κ1) is 44.3. The number of unbranched alkanes of at least 4 members (excludes halogenated alkanes) is 3. The molecule has 0 aromatic heterocycles. The minimum absolute atomic E-state index is 0. The Morgan fingerprint density at radius 1 is 0.750 bits per heavy atom. The molecular formula is C39H49N2NaO11S3. The first-order valence-electron chi connectivity index (χ1n) is 18.5. The number of nitrogens with zero attached hydrogens (tertiary/aromatic N) is 2. The molecule has 4 heterocycles. The predicted molar refractivity (Wildman–Crippen MR) is 217 cm³/mol. The van der Waals surface area contributed by atoms with Gasteiger partial charge in [-0.15, -0.1) is 0 Å². The zero-order valence-electron chi connectivity index (χ0n) is 30.9. The topological polar surface area (TPSA) is 207 Å². The van der Waals surface area contributed by atoms with Gasteiger partial charge in [-0.3, -0.25) is 18.5 Å². The van der Waals surface area contributed by atoms with E-state index in [4.69, 9.17) is 5.11 Å². The van der Waals surface area contributed by atoms with Crippen molar-refractivity contribution >= 4 is 77.3 Å². The third kappa shape index (κ3) is 8.93. The molecule has 0 fully saturated rings. The van der Waals surface area contributed by atoms with Gasteiger partial charge in [0.2, 0.25) is 0 Å². The SMILES string of the molecule is CC1(CCCCS(=O)(=O)O)C(/C=C/C=C/C=C2\N3CCCc4ccc(S(=O)(=O)O)c(c43)C2(C)CCCCCC(=O)O)=CN2CCc3ccc(S(=O)(=O)O)c1c32.[NaH]. The molecule has 300 valence electrons. The summed E-state index contributed by atoms with van der Waals surface area (Å²) in [5.41, 5.74) is 4.28. The summed E-state index contributed by atoms with van der Waals surface area (Å²) in [4.78, 5) is 14.9. The van der Waals surface area contributed by atoms with Crippen LogP contribution in [0.25, 0.3) is 0 Å². The van der Waals surface area contributed by atoms with Crippen LogP contribution in [0.4, 0.5) is 11.4 Å². The van der Waals surface area contributed by atoms with Gasteiger partial charge in [0.05, 0.1) is 5.75 Å². The van der Waals surface area contributed by atoms with Gasteiger partial charge >= 0.3 is 35.5 Å². The van der Waals surface area contributed by atoms with E-state index in [1.807, 2.05) is 55.3 Å². The summed E-state index contributed by atoms with van der Waals surface area (Å²) in [6, 6.07) is 6.37. The monoisotopic (exact) mass is 840 g/mol. The van der Waals surface area contributed by atoms with Crippen molar-refractivity contribution in [1.29, 1.82) is 0 Å². The number of allylic oxidation sites excluding steroid dienone is 7. The van der Waals surface area contributed by atoms with Crippen molar-refractivity contribution in [2.45, 2.75) is 105 Å². The van der Waals surface area contributed by atoms with Gasteiger partial charge in [0.15, 0.2) is 0 Å². The van der Waals surface area contributed by atoms with Gasteiger partial charge < -0.3 is 14.9 Å². The molecule has 17 heteroatoms. The molecule has 0 amide bonds. The van der Waals surface area contributed by atoms with Gasteiger partial charge in [0, 0.05) is 64.7 Å². The van der Waals surface area contributed by atoms with Crippen LogP contribution in [-0.4, -0.2) is 98.4 Å².